The maximum absolute atomic E-state index is 13.9. The number of ether oxygens (including phenoxy) is 1. The van der Waals surface area contributed by atoms with E-state index in [-0.39, 0.29) is 22.7 Å². The second-order valence-corrected chi connectivity index (χ2v) is 14.4. The van der Waals surface area contributed by atoms with Crippen molar-refractivity contribution in [2.75, 3.05) is 23.7 Å². The van der Waals surface area contributed by atoms with Gasteiger partial charge in [-0.2, -0.15) is 5.26 Å². The summed E-state index contributed by atoms with van der Waals surface area (Å²) in [6.45, 7) is 12.7. The van der Waals surface area contributed by atoms with E-state index in [1.54, 1.807) is 18.3 Å². The van der Waals surface area contributed by atoms with Crippen molar-refractivity contribution in [1.29, 1.82) is 5.26 Å². The fourth-order valence-electron chi connectivity index (χ4n) is 6.16. The van der Waals surface area contributed by atoms with Crippen molar-refractivity contribution in [2.45, 2.75) is 71.2 Å². The number of nitriles is 1. The number of benzene rings is 2. The first-order valence-electron chi connectivity index (χ1n) is 16.3. The molecule has 0 saturated carbocycles. The molecule has 10 nitrogen and oxygen atoms in total. The number of piperidine rings is 1. The maximum Gasteiger partial charge on any atom is 0.213 e. The molecule has 0 radical (unpaired) electrons. The number of pyridine rings is 2. The van der Waals surface area contributed by atoms with Gasteiger partial charge in [-0.15, -0.1) is 5.53 Å². The molecule has 6 rings (SSSR count). The Hall–Kier alpha value is -4.34. The molecule has 2 aromatic heterocycles. The first-order chi connectivity index (χ1) is 23.4. The molecule has 0 unspecified atom stereocenters. The predicted molar refractivity (Wildman–Crippen MR) is 193 cm³/mol. The van der Waals surface area contributed by atoms with Crippen LogP contribution in [0.3, 0.4) is 0 Å². The standard InChI is InChI=1S/C36H40Cl2FN9O/c1-21(2)49-32-9-6-22(18-41-32)34(31-20-48(46-45-31)26-10-12-47(13-11-26)36(3,4)5)44-25-14-27-33(43-24-7-8-30(39)28(37)15-24)23(17-40)19-42-35(27)29(38)16-25/h6-9,14-16,18-21,26,34,44-46H,10-13H2,1-5H3,(H,42,43)/t34-/m0/s1. The van der Waals surface area contributed by atoms with E-state index in [0.29, 0.717) is 50.5 Å². The number of likely N-dealkylation sites (tertiary alicyclic amines) is 1. The summed E-state index contributed by atoms with van der Waals surface area (Å²) < 4.78 is 19.7. The van der Waals surface area contributed by atoms with Crippen LogP contribution in [0.25, 0.3) is 10.9 Å². The van der Waals surface area contributed by atoms with Crippen LogP contribution >= 0.6 is 23.2 Å². The van der Waals surface area contributed by atoms with E-state index < -0.39 is 5.82 Å². The van der Waals surface area contributed by atoms with Crippen molar-refractivity contribution in [3.63, 3.8) is 0 Å². The van der Waals surface area contributed by atoms with E-state index in [9.17, 15) is 9.65 Å². The lowest BCUT2D eigenvalue weighted by Crippen LogP contribution is -2.52. The molecule has 4 heterocycles. The lowest BCUT2D eigenvalue weighted by molar-refractivity contribution is 0.0570. The van der Waals surface area contributed by atoms with Gasteiger partial charge in [-0.3, -0.25) is 14.9 Å². The molecular formula is C36H40Cl2FN9O. The maximum atomic E-state index is 13.9. The van der Waals surface area contributed by atoms with Crippen LogP contribution in [0.15, 0.2) is 66.8 Å². The van der Waals surface area contributed by atoms with Gasteiger partial charge in [0.15, 0.2) is 0 Å². The van der Waals surface area contributed by atoms with Crippen LogP contribution in [0.1, 0.15) is 64.6 Å². The summed E-state index contributed by atoms with van der Waals surface area (Å²) in [7, 11) is 0. The third kappa shape index (κ3) is 7.78. The van der Waals surface area contributed by atoms with Gasteiger partial charge in [-0.05, 0) is 89.4 Å². The normalized spacial score (nSPS) is 16.3. The fraction of sp³-hybridized carbons (Fsp3) is 0.361. The van der Waals surface area contributed by atoms with Gasteiger partial charge in [0.1, 0.15) is 11.9 Å². The molecule has 49 heavy (non-hydrogen) atoms. The van der Waals surface area contributed by atoms with Gasteiger partial charge >= 0.3 is 0 Å². The molecule has 4 N–H and O–H groups in total. The van der Waals surface area contributed by atoms with Crippen LogP contribution in [-0.4, -0.2) is 50.7 Å². The molecule has 0 amide bonds. The van der Waals surface area contributed by atoms with Crippen LogP contribution in [-0.2, 0) is 0 Å². The van der Waals surface area contributed by atoms with Crippen LogP contribution in [0.4, 0.5) is 21.5 Å². The summed E-state index contributed by atoms with van der Waals surface area (Å²) in [4.78, 5) is 11.6. The Morgan fingerprint density at radius 1 is 1.02 bits per heavy atom. The molecule has 256 valence electrons. The van der Waals surface area contributed by atoms with E-state index in [4.69, 9.17) is 27.9 Å². The number of halogens is 3. The van der Waals surface area contributed by atoms with Crippen molar-refractivity contribution in [2.24, 2.45) is 0 Å². The molecule has 1 saturated heterocycles. The van der Waals surface area contributed by atoms with Crippen molar-refractivity contribution in [1.82, 2.24) is 30.8 Å². The number of nitrogens with one attached hydrogen (secondary N) is 4. The minimum atomic E-state index is -0.538. The first kappa shape index (κ1) is 34.5. The van der Waals surface area contributed by atoms with E-state index in [2.05, 4.69) is 74.5 Å². The number of anilines is 3. The quantitative estimate of drug-likeness (QED) is 0.137. The van der Waals surface area contributed by atoms with E-state index in [1.165, 1.54) is 18.3 Å². The Kier molecular flexibility index (Phi) is 10.0. The number of hydrogen-bond donors (Lipinski definition) is 4. The molecule has 13 heteroatoms. The largest absolute Gasteiger partial charge is 0.475 e. The van der Waals surface area contributed by atoms with E-state index in [1.807, 2.05) is 32.0 Å². The van der Waals surface area contributed by atoms with Crippen LogP contribution in [0.2, 0.25) is 10.0 Å². The second-order valence-electron chi connectivity index (χ2n) is 13.6. The van der Waals surface area contributed by atoms with Gasteiger partial charge in [0.2, 0.25) is 5.88 Å². The highest BCUT2D eigenvalue weighted by molar-refractivity contribution is 6.36. The van der Waals surface area contributed by atoms with Gasteiger partial charge < -0.3 is 20.8 Å². The molecular weight excluding hydrogens is 664 g/mol. The Morgan fingerprint density at radius 2 is 1.78 bits per heavy atom. The summed E-state index contributed by atoms with van der Waals surface area (Å²) in [5.74, 6) is 0.00103. The average Bonchev–Trinajstić information content (AvgIpc) is 3.56. The zero-order valence-electron chi connectivity index (χ0n) is 28.1. The van der Waals surface area contributed by atoms with Crippen LogP contribution in [0, 0.1) is 17.1 Å². The smallest absolute Gasteiger partial charge is 0.213 e. The number of hydrazine groups is 2. The predicted octanol–water partition coefficient (Wildman–Crippen LogP) is 8.06. The Balaban J connectivity index is 1.35. The highest BCUT2D eigenvalue weighted by Gasteiger charge is 2.32. The minimum absolute atomic E-state index is 0.00525. The van der Waals surface area contributed by atoms with Crippen molar-refractivity contribution in [3.8, 4) is 11.9 Å². The van der Waals surface area contributed by atoms with Gasteiger partial charge in [0, 0.05) is 66.1 Å². The first-order valence-corrected chi connectivity index (χ1v) is 17.1. The molecule has 1 atom stereocenters. The van der Waals surface area contributed by atoms with E-state index >= 15 is 0 Å². The molecule has 0 aliphatic carbocycles. The van der Waals surface area contributed by atoms with Crippen LogP contribution < -0.4 is 26.3 Å². The SMILES string of the molecule is CC(C)Oc1ccc([C@H](Nc2cc(Cl)c3ncc(C#N)c(Nc4ccc(F)c(Cl)c4)c3c2)C2=CN(C3CCN(C(C)(C)C)CC3)NN2)cn1. The van der Waals surface area contributed by atoms with E-state index in [0.717, 1.165) is 37.2 Å². The zero-order valence-corrected chi connectivity index (χ0v) is 29.6. The summed E-state index contributed by atoms with van der Waals surface area (Å²) >= 11 is 12.9. The van der Waals surface area contributed by atoms with Crippen molar-refractivity contribution < 1.29 is 9.13 Å². The summed E-state index contributed by atoms with van der Waals surface area (Å²) in [5.41, 5.74) is 11.1. The van der Waals surface area contributed by atoms with Gasteiger partial charge in [-0.1, -0.05) is 23.2 Å². The van der Waals surface area contributed by atoms with Gasteiger partial charge in [0.25, 0.3) is 0 Å². The zero-order chi connectivity index (χ0) is 34.9. The number of nitrogens with zero attached hydrogens (tertiary/aromatic N) is 5. The number of rotatable bonds is 9. The molecule has 2 aliphatic heterocycles. The molecule has 2 aromatic carbocycles. The van der Waals surface area contributed by atoms with Crippen molar-refractivity contribution >= 4 is 51.2 Å². The number of hydrogen-bond acceptors (Lipinski definition) is 10. The Labute approximate surface area is 296 Å². The monoisotopic (exact) mass is 703 g/mol. The average molecular weight is 705 g/mol. The third-order valence-electron chi connectivity index (χ3n) is 8.72. The Morgan fingerprint density at radius 3 is 2.43 bits per heavy atom. The van der Waals surface area contributed by atoms with Crippen LogP contribution in [0.5, 0.6) is 5.88 Å². The minimum Gasteiger partial charge on any atom is -0.475 e. The molecule has 0 bridgehead atoms. The van der Waals surface area contributed by atoms with Crippen molar-refractivity contribution in [3.05, 3.63) is 93.7 Å². The second kappa shape index (κ2) is 14.3. The Bertz CT molecular complexity index is 1900. The lowest BCUT2D eigenvalue weighted by Gasteiger charge is -2.42. The van der Waals surface area contributed by atoms with Gasteiger partial charge in [-0.25, -0.2) is 9.37 Å². The summed E-state index contributed by atoms with van der Waals surface area (Å²) in [5, 5.41) is 20.0. The molecule has 0 spiro atoms. The molecule has 4 aromatic rings. The number of fused-ring (bicyclic) bond motifs is 1. The molecule has 2 aliphatic rings. The highest BCUT2D eigenvalue weighted by Crippen LogP contribution is 2.38. The fourth-order valence-corrected chi connectivity index (χ4v) is 6.61. The van der Waals surface area contributed by atoms with Gasteiger partial charge in [0.05, 0.1) is 44.7 Å². The molecule has 1 fully saturated rings. The number of aromatic nitrogens is 2. The highest BCUT2D eigenvalue weighted by atomic mass is 35.5. The third-order valence-corrected chi connectivity index (χ3v) is 9.30. The summed E-state index contributed by atoms with van der Waals surface area (Å²) in [6, 6.07) is 14.0. The topological polar surface area (TPSA) is 113 Å². The lowest BCUT2D eigenvalue weighted by atomic mass is 9.98. The summed E-state index contributed by atoms with van der Waals surface area (Å²) in [6.07, 6.45) is 7.42.